The van der Waals surface area contributed by atoms with Crippen LogP contribution in [0.4, 0.5) is 13.2 Å². The monoisotopic (exact) mass is 465 g/mol. The Morgan fingerprint density at radius 2 is 1.91 bits per heavy atom. The molecule has 0 spiro atoms. The van der Waals surface area contributed by atoms with E-state index in [1.807, 2.05) is 0 Å². The number of aliphatic hydroxyl groups excluding tert-OH is 1. The topological polar surface area (TPSA) is 79.7 Å². The smallest absolute Gasteiger partial charge is 0.414 e. The predicted molar refractivity (Wildman–Crippen MR) is 113 cm³/mol. The lowest BCUT2D eigenvalue weighted by atomic mass is 9.86. The number of benzene rings is 2. The van der Waals surface area contributed by atoms with Gasteiger partial charge in [-0.1, -0.05) is 29.8 Å². The van der Waals surface area contributed by atoms with E-state index in [-0.39, 0.29) is 22.6 Å². The number of hydrogen-bond donors (Lipinski definition) is 2. The van der Waals surface area contributed by atoms with Crippen molar-refractivity contribution in [2.45, 2.75) is 24.6 Å². The maximum atomic E-state index is 13.4. The molecule has 2 unspecified atom stereocenters. The highest BCUT2D eigenvalue weighted by atomic mass is 35.5. The molecule has 168 valence electrons. The third kappa shape index (κ3) is 5.38. The molecular weight excluding hydrogens is 447 g/mol. The summed E-state index contributed by atoms with van der Waals surface area (Å²) in [6.45, 7) is 0. The van der Waals surface area contributed by atoms with Crippen LogP contribution in [-0.2, 0) is 6.42 Å². The summed E-state index contributed by atoms with van der Waals surface area (Å²) in [4.78, 5) is 15.4. The molecule has 0 fully saturated rings. The van der Waals surface area contributed by atoms with Gasteiger partial charge >= 0.3 is 12.1 Å². The van der Waals surface area contributed by atoms with Crippen LogP contribution in [0.2, 0.25) is 5.02 Å². The second-order valence-electron chi connectivity index (χ2n) is 7.12. The average molecular weight is 466 g/mol. The van der Waals surface area contributed by atoms with Crippen LogP contribution in [0.3, 0.4) is 0 Å². The van der Waals surface area contributed by atoms with Crippen LogP contribution in [0.1, 0.15) is 27.4 Å². The summed E-state index contributed by atoms with van der Waals surface area (Å²) >= 11 is 6.21. The Hall–Kier alpha value is -3.10. The van der Waals surface area contributed by atoms with E-state index in [1.54, 1.807) is 18.2 Å². The van der Waals surface area contributed by atoms with Crippen LogP contribution in [0.15, 0.2) is 60.8 Å². The third-order valence-corrected chi connectivity index (χ3v) is 5.34. The van der Waals surface area contributed by atoms with Gasteiger partial charge in [-0.25, -0.2) is 4.79 Å². The van der Waals surface area contributed by atoms with E-state index in [4.69, 9.17) is 16.3 Å². The van der Waals surface area contributed by atoms with E-state index in [1.165, 1.54) is 49.7 Å². The Bertz CT molecular complexity index is 1120. The Balaban J connectivity index is 1.99. The molecule has 9 heteroatoms. The highest BCUT2D eigenvalue weighted by molar-refractivity contribution is 6.31. The molecule has 2 N–H and O–H groups in total. The molecule has 0 radical (unpaired) electrons. The van der Waals surface area contributed by atoms with Gasteiger partial charge in [-0.15, -0.1) is 0 Å². The zero-order valence-corrected chi connectivity index (χ0v) is 17.6. The normalized spacial score (nSPS) is 13.4. The second-order valence-corrected chi connectivity index (χ2v) is 7.53. The average Bonchev–Trinajstić information content (AvgIpc) is 2.77. The molecule has 0 saturated carbocycles. The van der Waals surface area contributed by atoms with Crippen molar-refractivity contribution in [1.82, 2.24) is 4.98 Å². The maximum Gasteiger partial charge on any atom is 0.414 e. The van der Waals surface area contributed by atoms with Gasteiger partial charge in [-0.3, -0.25) is 4.98 Å². The molecule has 1 aromatic heterocycles. The van der Waals surface area contributed by atoms with Crippen molar-refractivity contribution in [3.63, 3.8) is 0 Å². The molecule has 5 nitrogen and oxygen atoms in total. The first kappa shape index (κ1) is 23.6. The summed E-state index contributed by atoms with van der Waals surface area (Å²) in [5.41, 5.74) is 1.55. The minimum absolute atomic E-state index is 0.0427. The Morgan fingerprint density at radius 1 is 1.16 bits per heavy atom. The van der Waals surface area contributed by atoms with Crippen LogP contribution in [0, 0.1) is 0 Å². The summed E-state index contributed by atoms with van der Waals surface area (Å²) in [5, 5.41) is 19.3. The number of alkyl halides is 3. The van der Waals surface area contributed by atoms with Crippen molar-refractivity contribution in [3.8, 4) is 17.0 Å². The van der Waals surface area contributed by atoms with Gasteiger partial charge in [0.25, 0.3) is 0 Å². The van der Waals surface area contributed by atoms with E-state index in [9.17, 15) is 28.2 Å². The standard InChI is InChI=1S/C23H19ClF3NO4/c1-32-16-5-6-17(19(24)12-16)18(21(29)23(25,26)27)9-13-7-8-28-20(10-13)14-3-2-4-15(11-14)22(30)31/h2-8,10-12,18,21,29H,9H2,1H3,(H,30,31). The summed E-state index contributed by atoms with van der Waals surface area (Å²) < 4.78 is 45.4. The summed E-state index contributed by atoms with van der Waals surface area (Å²) in [7, 11) is 1.41. The molecule has 3 aromatic rings. The largest absolute Gasteiger partial charge is 0.497 e. The number of aromatic nitrogens is 1. The number of hydrogen-bond acceptors (Lipinski definition) is 4. The van der Waals surface area contributed by atoms with Crippen molar-refractivity contribution in [3.05, 3.63) is 82.5 Å². The van der Waals surface area contributed by atoms with E-state index >= 15 is 0 Å². The van der Waals surface area contributed by atoms with Gasteiger partial charge in [0, 0.05) is 22.7 Å². The van der Waals surface area contributed by atoms with Crippen LogP contribution in [-0.4, -0.2) is 40.6 Å². The summed E-state index contributed by atoms with van der Waals surface area (Å²) in [6.07, 6.45) is -6.27. The Morgan fingerprint density at radius 3 is 2.53 bits per heavy atom. The zero-order valence-electron chi connectivity index (χ0n) is 16.8. The highest BCUT2D eigenvalue weighted by Gasteiger charge is 2.44. The second kappa shape index (κ2) is 9.58. The van der Waals surface area contributed by atoms with Gasteiger partial charge in [0.1, 0.15) is 5.75 Å². The van der Waals surface area contributed by atoms with E-state index < -0.39 is 24.2 Å². The molecule has 32 heavy (non-hydrogen) atoms. The molecule has 2 aromatic carbocycles. The number of ether oxygens (including phenoxy) is 1. The number of methoxy groups -OCH3 is 1. The first-order valence-electron chi connectivity index (χ1n) is 9.47. The van der Waals surface area contributed by atoms with Gasteiger partial charge in [0.15, 0.2) is 6.10 Å². The fourth-order valence-corrected chi connectivity index (χ4v) is 3.69. The van der Waals surface area contributed by atoms with Gasteiger partial charge in [-0.05, 0) is 53.9 Å². The van der Waals surface area contributed by atoms with Crippen LogP contribution in [0.25, 0.3) is 11.3 Å². The Labute approximate surface area is 187 Å². The van der Waals surface area contributed by atoms with E-state index in [0.29, 0.717) is 22.6 Å². The van der Waals surface area contributed by atoms with Crippen LogP contribution < -0.4 is 4.74 Å². The lowest BCUT2D eigenvalue weighted by Gasteiger charge is -2.26. The summed E-state index contributed by atoms with van der Waals surface area (Å²) in [5.74, 6) is -2.11. The van der Waals surface area contributed by atoms with Crippen LogP contribution >= 0.6 is 11.6 Å². The van der Waals surface area contributed by atoms with Gasteiger partial charge in [0.2, 0.25) is 0 Å². The fraction of sp³-hybridized carbons (Fsp3) is 0.217. The number of rotatable bonds is 7. The third-order valence-electron chi connectivity index (χ3n) is 5.01. The molecule has 0 aliphatic heterocycles. The number of aromatic carboxylic acids is 1. The maximum absolute atomic E-state index is 13.4. The minimum Gasteiger partial charge on any atom is -0.497 e. The molecular formula is C23H19ClF3NO4. The molecule has 0 aliphatic carbocycles. The van der Waals surface area contributed by atoms with Crippen molar-refractivity contribution in [1.29, 1.82) is 0 Å². The molecule has 0 bridgehead atoms. The van der Waals surface area contributed by atoms with Gasteiger partial charge in [-0.2, -0.15) is 13.2 Å². The molecule has 1 heterocycles. The number of carbonyl (C=O) groups is 1. The minimum atomic E-state index is -4.86. The van der Waals surface area contributed by atoms with Gasteiger partial charge in [0.05, 0.1) is 18.4 Å². The first-order chi connectivity index (χ1) is 15.1. The Kier molecular flexibility index (Phi) is 7.06. The number of carboxylic acid groups (broad SMARTS) is 1. The molecule has 0 aliphatic rings. The molecule has 0 amide bonds. The molecule has 3 rings (SSSR count). The quantitative estimate of drug-likeness (QED) is 0.491. The van der Waals surface area contributed by atoms with Crippen molar-refractivity contribution >= 4 is 17.6 Å². The number of carboxylic acids is 1. The number of halogens is 4. The number of aliphatic hydroxyl groups is 1. The van der Waals surface area contributed by atoms with E-state index in [2.05, 4.69) is 4.98 Å². The molecule has 0 saturated heterocycles. The predicted octanol–water partition coefficient (Wildman–Crippen LogP) is 5.36. The first-order valence-corrected chi connectivity index (χ1v) is 9.85. The van der Waals surface area contributed by atoms with Gasteiger partial charge < -0.3 is 14.9 Å². The zero-order chi connectivity index (χ0) is 23.5. The van der Waals surface area contributed by atoms with Crippen LogP contribution in [0.5, 0.6) is 5.75 Å². The summed E-state index contributed by atoms with van der Waals surface area (Å²) in [6, 6.07) is 13.4. The SMILES string of the molecule is COc1ccc(C(Cc2ccnc(-c3cccc(C(=O)O)c3)c2)C(O)C(F)(F)F)c(Cl)c1. The van der Waals surface area contributed by atoms with Crippen molar-refractivity contribution in [2.75, 3.05) is 7.11 Å². The lowest BCUT2D eigenvalue weighted by Crippen LogP contribution is -2.35. The fourth-order valence-electron chi connectivity index (χ4n) is 3.38. The van der Waals surface area contributed by atoms with Crippen molar-refractivity contribution in [2.24, 2.45) is 0 Å². The molecule has 2 atom stereocenters. The lowest BCUT2D eigenvalue weighted by molar-refractivity contribution is -0.210. The van der Waals surface area contributed by atoms with E-state index in [0.717, 1.165) is 0 Å². The highest BCUT2D eigenvalue weighted by Crippen LogP contribution is 2.38. The van der Waals surface area contributed by atoms with Crippen molar-refractivity contribution < 1.29 is 32.9 Å². The number of nitrogens with zero attached hydrogens (tertiary/aromatic N) is 1. The number of pyridine rings is 1.